The third-order valence-corrected chi connectivity index (χ3v) is 11.9. The molecule has 15 nitrogen and oxygen atoms in total. The standard InChI is InChI=1S/C39H49N3O12S/c1-39(2,17-7-18-42(38(45)46)27-10-12-28(49-3)13-11-27)24-41(55(47,48)29-14-15-33-34(21-29)53-25-52-33)22-32(43)31(20-26-8-5-4-6-9-26)40-37(44)54-35-23-51-36-30(35)16-19-50-36/h4-6,8-15,21,30-32,35-36,43H,7,16-20,22-25H2,1-3H3,(H,40,44)(H,45,46)/p-1/t30-,31-,32+,35-,36+/m0/s1. The number of hydrogen-bond acceptors (Lipinski definition) is 12. The Hall–Kier alpha value is -4.61. The van der Waals surface area contributed by atoms with E-state index in [9.17, 15) is 28.2 Å². The van der Waals surface area contributed by atoms with E-state index in [-0.39, 0.29) is 56.0 Å². The number of fused-ring (bicyclic) bond motifs is 2. The number of alkyl carbamates (subject to hydrolysis) is 1. The molecule has 0 aliphatic carbocycles. The van der Waals surface area contributed by atoms with Crippen molar-refractivity contribution >= 4 is 27.9 Å². The number of carbonyl (C=O) groups excluding carboxylic acids is 2. The van der Waals surface area contributed by atoms with Gasteiger partial charge >= 0.3 is 6.09 Å². The van der Waals surface area contributed by atoms with E-state index in [1.54, 1.807) is 24.3 Å². The average Bonchev–Trinajstić information content (AvgIpc) is 3.92. The summed E-state index contributed by atoms with van der Waals surface area (Å²) in [4.78, 5) is 26.5. The Morgan fingerprint density at radius 3 is 2.51 bits per heavy atom. The van der Waals surface area contributed by atoms with Crippen LogP contribution in [0, 0.1) is 11.3 Å². The van der Waals surface area contributed by atoms with Gasteiger partial charge in [-0.25, -0.2) is 13.2 Å². The molecule has 0 saturated carbocycles. The van der Waals surface area contributed by atoms with E-state index < -0.39 is 52.2 Å². The number of aliphatic hydroxyl groups excluding tert-OH is 1. The lowest BCUT2D eigenvalue weighted by Gasteiger charge is -2.35. The predicted octanol–water partition coefficient (Wildman–Crippen LogP) is 3.53. The molecule has 5 atom stereocenters. The summed E-state index contributed by atoms with van der Waals surface area (Å²) in [7, 11) is -2.76. The van der Waals surface area contributed by atoms with Crippen LogP contribution in [0.2, 0.25) is 0 Å². The molecule has 3 aromatic carbocycles. The lowest BCUT2D eigenvalue weighted by atomic mass is 9.87. The number of sulfonamides is 1. The third-order valence-electron chi connectivity index (χ3n) is 10.1. The summed E-state index contributed by atoms with van der Waals surface area (Å²) >= 11 is 0. The molecule has 3 aromatic rings. The molecule has 0 bridgehead atoms. The number of carbonyl (C=O) groups is 2. The molecule has 0 spiro atoms. The van der Waals surface area contributed by atoms with Gasteiger partial charge in [0.1, 0.15) is 17.9 Å². The molecule has 0 unspecified atom stereocenters. The zero-order valence-electron chi connectivity index (χ0n) is 31.1. The molecule has 3 heterocycles. The van der Waals surface area contributed by atoms with Crippen molar-refractivity contribution in [2.45, 2.75) is 69.0 Å². The molecule has 298 valence electrons. The topological polar surface area (TPSA) is 185 Å². The number of benzene rings is 3. The number of amides is 2. The minimum Gasteiger partial charge on any atom is -0.530 e. The van der Waals surface area contributed by atoms with Gasteiger partial charge in [0.05, 0.1) is 43.3 Å². The minimum atomic E-state index is -4.28. The summed E-state index contributed by atoms with van der Waals surface area (Å²) in [5, 5.41) is 26.8. The van der Waals surface area contributed by atoms with Crippen LogP contribution in [-0.4, -0.2) is 101 Å². The maximum atomic E-state index is 14.5. The van der Waals surface area contributed by atoms with Crippen molar-refractivity contribution in [1.29, 1.82) is 0 Å². The Labute approximate surface area is 321 Å². The van der Waals surface area contributed by atoms with Gasteiger partial charge in [-0.1, -0.05) is 44.2 Å². The molecule has 2 fully saturated rings. The zero-order chi connectivity index (χ0) is 39.2. The van der Waals surface area contributed by atoms with Crippen LogP contribution >= 0.6 is 0 Å². The van der Waals surface area contributed by atoms with Crippen LogP contribution in [0.1, 0.15) is 38.7 Å². The lowest BCUT2D eigenvalue weighted by Crippen LogP contribution is -2.52. The van der Waals surface area contributed by atoms with Gasteiger partial charge in [-0.05, 0) is 73.1 Å². The molecule has 6 rings (SSSR count). The Bertz CT molecular complexity index is 1880. The molecule has 16 heteroatoms. The van der Waals surface area contributed by atoms with E-state index in [0.29, 0.717) is 43.1 Å². The highest BCUT2D eigenvalue weighted by Crippen LogP contribution is 2.36. The van der Waals surface area contributed by atoms with Crippen molar-refractivity contribution in [3.8, 4) is 17.2 Å². The monoisotopic (exact) mass is 782 g/mol. The first-order chi connectivity index (χ1) is 26.3. The maximum Gasteiger partial charge on any atom is 0.407 e. The number of nitrogens with one attached hydrogen (secondary N) is 1. The van der Waals surface area contributed by atoms with Gasteiger partial charge < -0.3 is 53.6 Å². The summed E-state index contributed by atoms with van der Waals surface area (Å²) in [6.07, 6.45) is -2.83. The van der Waals surface area contributed by atoms with Gasteiger partial charge in [0, 0.05) is 31.4 Å². The smallest absolute Gasteiger partial charge is 0.407 e. The van der Waals surface area contributed by atoms with Crippen molar-refractivity contribution in [3.63, 3.8) is 0 Å². The lowest BCUT2D eigenvalue weighted by molar-refractivity contribution is -0.246. The van der Waals surface area contributed by atoms with Crippen LogP contribution in [0.5, 0.6) is 17.2 Å². The molecule has 2 N–H and O–H groups in total. The molecular formula is C39H48N3O12S-. The van der Waals surface area contributed by atoms with Gasteiger partial charge in [-0.3, -0.25) is 0 Å². The largest absolute Gasteiger partial charge is 0.530 e. The summed E-state index contributed by atoms with van der Waals surface area (Å²) in [5.74, 6) is 1.17. The van der Waals surface area contributed by atoms with Gasteiger partial charge in [0.2, 0.25) is 16.8 Å². The van der Waals surface area contributed by atoms with Gasteiger partial charge in [0.15, 0.2) is 17.8 Å². The number of aliphatic hydroxyl groups is 1. The van der Waals surface area contributed by atoms with E-state index in [1.807, 2.05) is 44.2 Å². The van der Waals surface area contributed by atoms with Crippen LogP contribution in [0.15, 0.2) is 77.7 Å². The van der Waals surface area contributed by atoms with Crippen LogP contribution in [0.3, 0.4) is 0 Å². The van der Waals surface area contributed by atoms with Crippen LogP contribution < -0.4 is 29.5 Å². The van der Waals surface area contributed by atoms with Gasteiger partial charge in [-0.2, -0.15) is 4.31 Å². The van der Waals surface area contributed by atoms with E-state index >= 15 is 0 Å². The number of hydrogen-bond donors (Lipinski definition) is 2. The number of rotatable bonds is 17. The highest BCUT2D eigenvalue weighted by molar-refractivity contribution is 7.89. The summed E-state index contributed by atoms with van der Waals surface area (Å²) in [6, 6.07) is 19.2. The number of methoxy groups -OCH3 is 1. The molecule has 3 aliphatic rings. The van der Waals surface area contributed by atoms with Crippen LogP contribution in [0.25, 0.3) is 0 Å². The van der Waals surface area contributed by atoms with E-state index in [0.717, 1.165) is 10.5 Å². The molecule has 2 amide bonds. The number of anilines is 1. The Morgan fingerprint density at radius 2 is 1.78 bits per heavy atom. The van der Waals surface area contributed by atoms with Crippen LogP contribution in [-0.2, 0) is 30.7 Å². The van der Waals surface area contributed by atoms with E-state index in [1.165, 1.54) is 29.6 Å². The summed E-state index contributed by atoms with van der Waals surface area (Å²) in [5.41, 5.74) is 0.505. The van der Waals surface area contributed by atoms with E-state index in [4.69, 9.17) is 28.4 Å². The van der Waals surface area contributed by atoms with Crippen molar-refractivity contribution in [1.82, 2.24) is 9.62 Å². The highest BCUT2D eigenvalue weighted by Gasteiger charge is 2.44. The van der Waals surface area contributed by atoms with Crippen molar-refractivity contribution in [2.75, 3.05) is 51.7 Å². The number of nitrogens with zero attached hydrogens (tertiary/aromatic N) is 2. The second-order valence-electron chi connectivity index (χ2n) is 14.7. The maximum absolute atomic E-state index is 14.5. The molecule has 0 radical (unpaired) electrons. The Balaban J connectivity index is 1.21. The first-order valence-electron chi connectivity index (χ1n) is 18.3. The van der Waals surface area contributed by atoms with E-state index in [2.05, 4.69) is 5.32 Å². The summed E-state index contributed by atoms with van der Waals surface area (Å²) in [6.45, 7) is 4.05. The quantitative estimate of drug-likeness (QED) is 0.203. The summed E-state index contributed by atoms with van der Waals surface area (Å²) < 4.78 is 63.1. The average molecular weight is 783 g/mol. The highest BCUT2D eigenvalue weighted by atomic mass is 32.2. The zero-order valence-corrected chi connectivity index (χ0v) is 31.9. The molecular weight excluding hydrogens is 735 g/mol. The predicted molar refractivity (Wildman–Crippen MR) is 197 cm³/mol. The second kappa shape index (κ2) is 17.5. The first-order valence-corrected chi connectivity index (χ1v) is 19.7. The Morgan fingerprint density at radius 1 is 1.04 bits per heavy atom. The van der Waals surface area contributed by atoms with Crippen LogP contribution in [0.4, 0.5) is 15.3 Å². The molecule has 55 heavy (non-hydrogen) atoms. The molecule has 0 aromatic heterocycles. The number of carboxylic acid groups (broad SMARTS) is 1. The third kappa shape index (κ3) is 9.99. The van der Waals surface area contributed by atoms with Gasteiger partial charge in [0.25, 0.3) is 0 Å². The van der Waals surface area contributed by atoms with Gasteiger partial charge in [-0.15, -0.1) is 0 Å². The molecule has 3 aliphatic heterocycles. The fourth-order valence-electron chi connectivity index (χ4n) is 7.15. The number of ether oxygens (including phenoxy) is 6. The Kier molecular flexibility index (Phi) is 12.7. The second-order valence-corrected chi connectivity index (χ2v) is 16.6. The minimum absolute atomic E-state index is 0.0436. The molecule has 2 saturated heterocycles. The van der Waals surface area contributed by atoms with Crippen molar-refractivity contribution < 1.29 is 56.6 Å². The van der Waals surface area contributed by atoms with Crippen molar-refractivity contribution in [3.05, 3.63) is 78.4 Å². The normalized spacial score (nSPS) is 20.1. The first kappa shape index (κ1) is 40.1. The SMILES string of the molecule is COc1ccc(N(CCCC(C)(C)CN(C[C@@H](O)[C@H](Cc2ccccc2)NC(=O)O[C@H]2CO[C@H]3OCC[C@H]32)S(=O)(=O)c2ccc3c(c2)OCO3)C(=O)[O-])cc1. The fourth-order valence-corrected chi connectivity index (χ4v) is 8.81. The fraction of sp³-hybridized carbons (Fsp3) is 0.487. The van der Waals surface area contributed by atoms with Crippen molar-refractivity contribution in [2.24, 2.45) is 11.3 Å².